The Balaban J connectivity index is 1.35. The van der Waals surface area contributed by atoms with Crippen molar-refractivity contribution in [2.24, 2.45) is 0 Å². The fourth-order valence-corrected chi connectivity index (χ4v) is 4.40. The number of nitrogens with one attached hydrogen (secondary N) is 1. The number of aryl methyl sites for hydroxylation is 2. The van der Waals surface area contributed by atoms with E-state index in [2.05, 4.69) is 15.4 Å². The van der Waals surface area contributed by atoms with E-state index < -0.39 is 11.7 Å². The first-order valence-corrected chi connectivity index (χ1v) is 10.9. The molecule has 5 rings (SSSR count). The van der Waals surface area contributed by atoms with Gasteiger partial charge in [-0.15, -0.1) is 0 Å². The van der Waals surface area contributed by atoms with Crippen LogP contribution >= 0.6 is 0 Å². The largest absolute Gasteiger partial charge is 0.455 e. The van der Waals surface area contributed by atoms with Crippen LogP contribution in [0.5, 0.6) is 0 Å². The zero-order chi connectivity index (χ0) is 23.2. The van der Waals surface area contributed by atoms with E-state index in [-0.39, 0.29) is 24.3 Å². The molecule has 1 N–H and O–H groups in total. The van der Waals surface area contributed by atoms with Gasteiger partial charge in [-0.25, -0.2) is 0 Å². The highest BCUT2D eigenvalue weighted by molar-refractivity contribution is 5.95. The Morgan fingerprint density at radius 3 is 2.85 bits per heavy atom. The molecule has 0 bridgehead atoms. The zero-order valence-corrected chi connectivity index (χ0v) is 18.0. The number of aromatic nitrogens is 3. The number of halogens is 3. The van der Waals surface area contributed by atoms with Crippen LogP contribution in [0.2, 0.25) is 0 Å². The summed E-state index contributed by atoms with van der Waals surface area (Å²) in [5.74, 6) is 0.734. The van der Waals surface area contributed by atoms with Crippen molar-refractivity contribution < 1.29 is 27.1 Å². The lowest BCUT2D eigenvalue weighted by molar-refractivity contribution is -0.137. The topological polar surface area (TPSA) is 82.2 Å². The lowest BCUT2D eigenvalue weighted by Gasteiger charge is -2.10. The van der Waals surface area contributed by atoms with E-state index in [0.29, 0.717) is 25.1 Å². The number of pyridine rings is 1. The first-order chi connectivity index (χ1) is 15.8. The van der Waals surface area contributed by atoms with Crippen molar-refractivity contribution in [1.29, 1.82) is 0 Å². The number of alkyl halides is 3. The summed E-state index contributed by atoms with van der Waals surface area (Å²) in [5.41, 5.74) is 2.98. The first-order valence-electron chi connectivity index (χ1n) is 10.9. The maximum atomic E-state index is 12.8. The van der Waals surface area contributed by atoms with Crippen molar-refractivity contribution in [3.8, 4) is 11.3 Å². The van der Waals surface area contributed by atoms with E-state index in [1.807, 2.05) is 13.1 Å². The number of fused-ring (bicyclic) bond motifs is 3. The van der Waals surface area contributed by atoms with Crippen molar-refractivity contribution in [2.45, 2.75) is 51.4 Å². The molecule has 1 aliphatic carbocycles. The maximum absolute atomic E-state index is 12.8. The second-order valence-corrected chi connectivity index (χ2v) is 8.44. The van der Waals surface area contributed by atoms with E-state index in [1.165, 1.54) is 6.07 Å². The van der Waals surface area contributed by atoms with E-state index in [4.69, 9.17) is 9.15 Å². The molecule has 0 aromatic carbocycles. The number of carbonyl (C=O) groups excluding carboxylic acids is 1. The first kappa shape index (κ1) is 21.7. The van der Waals surface area contributed by atoms with Gasteiger partial charge < -0.3 is 14.5 Å². The Hall–Kier alpha value is -3.14. The van der Waals surface area contributed by atoms with E-state index in [0.717, 1.165) is 59.9 Å². The third kappa shape index (κ3) is 4.27. The second-order valence-electron chi connectivity index (χ2n) is 8.44. The highest BCUT2D eigenvalue weighted by Gasteiger charge is 2.31. The van der Waals surface area contributed by atoms with Crippen LogP contribution in [0.4, 0.5) is 13.2 Å². The number of furan rings is 1. The van der Waals surface area contributed by atoms with Gasteiger partial charge in [-0.05, 0) is 43.9 Å². The maximum Gasteiger partial charge on any atom is 0.417 e. The number of carbonyl (C=O) groups is 1. The van der Waals surface area contributed by atoms with Crippen LogP contribution < -0.4 is 5.32 Å². The number of hydrogen-bond acceptors (Lipinski definition) is 5. The van der Waals surface area contributed by atoms with Crippen LogP contribution in [0.1, 0.15) is 51.5 Å². The standard InChI is InChI=1S/C23H23F3N4O3/c1-13-19-18(33-21(13)22(31)28-10-17-3-2-8-32-17)7-4-14-11-30(29-20(14)19)12-16-6-5-15(9-27-16)23(24,25)26/h5-6,9,11,17H,2-4,7-8,10,12H2,1H3,(H,28,31)/t17-/m0/s1. The van der Waals surface area contributed by atoms with Gasteiger partial charge in [0.15, 0.2) is 5.76 Å². The molecule has 1 aliphatic heterocycles. The Kier molecular flexibility index (Phi) is 5.48. The van der Waals surface area contributed by atoms with E-state index in [1.54, 1.807) is 4.68 Å². The number of ether oxygens (including phenoxy) is 1. The van der Waals surface area contributed by atoms with Crippen molar-refractivity contribution in [2.75, 3.05) is 13.2 Å². The molecule has 0 saturated carbocycles. The minimum Gasteiger partial charge on any atom is -0.455 e. The van der Waals surface area contributed by atoms with Crippen molar-refractivity contribution in [3.63, 3.8) is 0 Å². The van der Waals surface area contributed by atoms with Gasteiger partial charge in [0.2, 0.25) is 0 Å². The zero-order valence-electron chi connectivity index (χ0n) is 18.0. The SMILES string of the molecule is Cc1c(C(=O)NC[C@@H]2CCCO2)oc2c1-c1nn(Cc3ccc(C(F)(F)F)cn3)cc1CC2. The highest BCUT2D eigenvalue weighted by atomic mass is 19.4. The molecule has 33 heavy (non-hydrogen) atoms. The van der Waals surface area contributed by atoms with Crippen LogP contribution in [0.25, 0.3) is 11.3 Å². The average Bonchev–Trinajstić information content (AvgIpc) is 3.50. The summed E-state index contributed by atoms with van der Waals surface area (Å²) in [6.07, 6.45) is 1.61. The second kappa shape index (κ2) is 8.33. The lowest BCUT2D eigenvalue weighted by Crippen LogP contribution is -2.31. The van der Waals surface area contributed by atoms with Gasteiger partial charge in [0, 0.05) is 43.1 Å². The van der Waals surface area contributed by atoms with E-state index >= 15 is 0 Å². The highest BCUT2D eigenvalue weighted by Crippen LogP contribution is 2.38. The quantitative estimate of drug-likeness (QED) is 0.624. The van der Waals surface area contributed by atoms with Crippen LogP contribution in [0, 0.1) is 6.92 Å². The molecule has 1 atom stereocenters. The van der Waals surface area contributed by atoms with Gasteiger partial charge in [-0.3, -0.25) is 14.5 Å². The van der Waals surface area contributed by atoms with E-state index in [9.17, 15) is 18.0 Å². The molecule has 3 aromatic rings. The molecule has 0 unspecified atom stereocenters. The Labute approximate surface area is 187 Å². The van der Waals surface area contributed by atoms with Crippen LogP contribution in [-0.2, 0) is 30.3 Å². The van der Waals surface area contributed by atoms with Crippen LogP contribution in [0.15, 0.2) is 28.9 Å². The Morgan fingerprint density at radius 1 is 1.30 bits per heavy atom. The van der Waals surface area contributed by atoms with Crippen LogP contribution in [0.3, 0.4) is 0 Å². The third-order valence-electron chi connectivity index (χ3n) is 6.11. The Bertz CT molecular complexity index is 1180. The molecule has 1 saturated heterocycles. The fourth-order valence-electron chi connectivity index (χ4n) is 4.40. The average molecular weight is 460 g/mol. The molecule has 4 heterocycles. The van der Waals surface area contributed by atoms with Gasteiger partial charge in [0.25, 0.3) is 5.91 Å². The summed E-state index contributed by atoms with van der Waals surface area (Å²) in [6.45, 7) is 3.26. The van der Waals surface area contributed by atoms with Crippen molar-refractivity contribution >= 4 is 5.91 Å². The van der Waals surface area contributed by atoms with Crippen LogP contribution in [-0.4, -0.2) is 39.9 Å². The van der Waals surface area contributed by atoms with Crippen molar-refractivity contribution in [3.05, 3.63) is 58.4 Å². The molecule has 10 heteroatoms. The van der Waals surface area contributed by atoms with Gasteiger partial charge in [0.1, 0.15) is 5.76 Å². The molecular formula is C23H23F3N4O3. The Morgan fingerprint density at radius 2 is 2.15 bits per heavy atom. The lowest BCUT2D eigenvalue weighted by atomic mass is 9.93. The number of nitrogens with zero attached hydrogens (tertiary/aromatic N) is 3. The number of rotatable bonds is 5. The summed E-state index contributed by atoms with van der Waals surface area (Å²) >= 11 is 0. The smallest absolute Gasteiger partial charge is 0.417 e. The molecule has 2 aliphatic rings. The molecule has 1 amide bonds. The molecule has 0 radical (unpaired) electrons. The number of hydrogen-bond donors (Lipinski definition) is 1. The predicted molar refractivity (Wildman–Crippen MR) is 112 cm³/mol. The van der Waals surface area contributed by atoms with Gasteiger partial charge in [0.05, 0.1) is 29.6 Å². The summed E-state index contributed by atoms with van der Waals surface area (Å²) in [4.78, 5) is 16.6. The molecular weight excluding hydrogens is 437 g/mol. The summed E-state index contributed by atoms with van der Waals surface area (Å²) in [7, 11) is 0. The summed E-state index contributed by atoms with van der Waals surface area (Å²) in [5, 5.41) is 7.54. The summed E-state index contributed by atoms with van der Waals surface area (Å²) in [6, 6.07) is 2.38. The minimum atomic E-state index is -4.42. The summed E-state index contributed by atoms with van der Waals surface area (Å²) < 4.78 is 51.4. The van der Waals surface area contributed by atoms with Gasteiger partial charge >= 0.3 is 6.18 Å². The fraction of sp³-hybridized carbons (Fsp3) is 0.435. The molecule has 174 valence electrons. The normalized spacial score (nSPS) is 17.6. The third-order valence-corrected chi connectivity index (χ3v) is 6.11. The molecule has 3 aromatic heterocycles. The monoisotopic (exact) mass is 460 g/mol. The molecule has 1 fully saturated rings. The van der Waals surface area contributed by atoms with Gasteiger partial charge in [-0.1, -0.05) is 0 Å². The predicted octanol–water partition coefficient (Wildman–Crippen LogP) is 3.92. The van der Waals surface area contributed by atoms with Gasteiger partial charge in [-0.2, -0.15) is 18.3 Å². The molecule has 7 nitrogen and oxygen atoms in total. The number of amides is 1. The van der Waals surface area contributed by atoms with Crippen molar-refractivity contribution in [1.82, 2.24) is 20.1 Å². The minimum absolute atomic E-state index is 0.0416. The molecule has 0 spiro atoms.